The molecule has 4 nitrogen and oxygen atoms in total. The van der Waals surface area contributed by atoms with Crippen molar-refractivity contribution >= 4 is 33.0 Å². The number of nitrogens with zero attached hydrogens (tertiary/aromatic N) is 2. The van der Waals surface area contributed by atoms with E-state index >= 15 is 0 Å². The first-order chi connectivity index (χ1) is 8.74. The Hall–Kier alpha value is -1.14. The van der Waals surface area contributed by atoms with Crippen LogP contribution in [-0.2, 0) is 13.0 Å². The molecule has 2 aromatic rings. The molecule has 1 aliphatic heterocycles. The zero-order valence-electron chi connectivity index (χ0n) is 9.65. The molecule has 94 valence electrons. The number of hydrogen-bond donors (Lipinski definition) is 1. The first kappa shape index (κ1) is 11.9. The smallest absolute Gasteiger partial charge is 0.269 e. The molecular weight excluding hydrogens is 314 g/mol. The summed E-state index contributed by atoms with van der Waals surface area (Å²) in [6, 6.07) is 3.65. The van der Waals surface area contributed by atoms with Crippen LogP contribution in [0.4, 0.5) is 5.69 Å². The number of halogens is 1. The van der Waals surface area contributed by atoms with E-state index in [1.807, 2.05) is 11.4 Å². The molecule has 0 saturated heterocycles. The fourth-order valence-electron chi connectivity index (χ4n) is 2.03. The molecule has 0 amide bonds. The van der Waals surface area contributed by atoms with Crippen molar-refractivity contribution in [2.45, 2.75) is 19.4 Å². The van der Waals surface area contributed by atoms with Gasteiger partial charge in [0.2, 0.25) is 0 Å². The summed E-state index contributed by atoms with van der Waals surface area (Å²) in [6.07, 6.45) is 2.01. The van der Waals surface area contributed by atoms with E-state index in [1.54, 1.807) is 22.1 Å². The molecule has 3 rings (SSSR count). The van der Waals surface area contributed by atoms with Crippen LogP contribution in [0.5, 0.6) is 0 Å². The molecule has 1 N–H and O–H groups in total. The summed E-state index contributed by atoms with van der Waals surface area (Å²) in [5.41, 5.74) is 1.84. The van der Waals surface area contributed by atoms with Crippen molar-refractivity contribution in [1.29, 1.82) is 0 Å². The predicted molar refractivity (Wildman–Crippen MR) is 76.4 cm³/mol. The Morgan fingerprint density at radius 1 is 1.56 bits per heavy atom. The second kappa shape index (κ2) is 4.85. The first-order valence-corrected chi connectivity index (χ1v) is 7.48. The molecule has 0 spiro atoms. The van der Waals surface area contributed by atoms with Crippen molar-refractivity contribution in [3.8, 4) is 0 Å². The quantitative estimate of drug-likeness (QED) is 0.922. The van der Waals surface area contributed by atoms with Crippen molar-refractivity contribution in [1.82, 2.24) is 9.78 Å². The minimum absolute atomic E-state index is 0.0524. The average molecular weight is 326 g/mol. The summed E-state index contributed by atoms with van der Waals surface area (Å²) in [4.78, 5) is 13.1. The van der Waals surface area contributed by atoms with Crippen LogP contribution in [-0.4, -0.2) is 16.3 Å². The third-order valence-corrected chi connectivity index (χ3v) is 4.88. The van der Waals surface area contributed by atoms with Crippen LogP contribution in [0.15, 0.2) is 26.8 Å². The van der Waals surface area contributed by atoms with E-state index < -0.39 is 0 Å². The molecule has 6 heteroatoms. The Morgan fingerprint density at radius 3 is 3.22 bits per heavy atom. The summed E-state index contributed by atoms with van der Waals surface area (Å²) in [5.74, 6) is 0. The van der Waals surface area contributed by atoms with Gasteiger partial charge in [-0.2, -0.15) is 5.10 Å². The van der Waals surface area contributed by atoms with Crippen LogP contribution in [0.2, 0.25) is 0 Å². The van der Waals surface area contributed by atoms with Crippen LogP contribution < -0.4 is 10.9 Å². The minimum atomic E-state index is -0.0524. The predicted octanol–water partition coefficient (Wildman–Crippen LogP) is 2.47. The molecule has 0 bridgehead atoms. The molecule has 0 atom stereocenters. The highest BCUT2D eigenvalue weighted by Gasteiger charge is 2.13. The lowest BCUT2D eigenvalue weighted by Gasteiger charge is -2.17. The minimum Gasteiger partial charge on any atom is -0.383 e. The molecule has 0 aliphatic carbocycles. The highest BCUT2D eigenvalue weighted by Crippen LogP contribution is 2.23. The van der Waals surface area contributed by atoms with Gasteiger partial charge in [-0.05, 0) is 40.2 Å². The molecule has 0 saturated carbocycles. The number of rotatable bonds is 2. The van der Waals surface area contributed by atoms with Crippen molar-refractivity contribution < 1.29 is 0 Å². The first-order valence-electron chi connectivity index (χ1n) is 5.81. The maximum absolute atomic E-state index is 12.0. The van der Waals surface area contributed by atoms with E-state index in [0.717, 1.165) is 40.1 Å². The third-order valence-electron chi connectivity index (χ3n) is 2.96. The normalized spacial score (nSPS) is 14.1. The topological polar surface area (TPSA) is 46.9 Å². The maximum atomic E-state index is 12.0. The Morgan fingerprint density at radius 2 is 2.44 bits per heavy atom. The lowest BCUT2D eigenvalue weighted by Crippen LogP contribution is -2.27. The molecule has 2 aromatic heterocycles. The molecule has 0 aromatic carbocycles. The summed E-state index contributed by atoms with van der Waals surface area (Å²) < 4.78 is 2.58. The Labute approximate surface area is 117 Å². The number of fused-ring (bicyclic) bond motifs is 1. The number of aryl methyl sites for hydroxylation is 1. The van der Waals surface area contributed by atoms with Gasteiger partial charge in [-0.3, -0.25) is 4.79 Å². The van der Waals surface area contributed by atoms with Gasteiger partial charge in [0.1, 0.15) is 0 Å². The van der Waals surface area contributed by atoms with E-state index in [-0.39, 0.29) is 5.56 Å². The summed E-state index contributed by atoms with van der Waals surface area (Å²) >= 11 is 5.11. The Balaban J connectivity index is 1.97. The zero-order valence-corrected chi connectivity index (χ0v) is 12.1. The lowest BCUT2D eigenvalue weighted by atomic mass is 10.1. The average Bonchev–Trinajstić information content (AvgIpc) is 2.76. The summed E-state index contributed by atoms with van der Waals surface area (Å²) in [6.45, 7) is 1.46. The van der Waals surface area contributed by atoms with Gasteiger partial charge < -0.3 is 5.32 Å². The van der Waals surface area contributed by atoms with Crippen LogP contribution in [0.3, 0.4) is 0 Å². The van der Waals surface area contributed by atoms with Crippen molar-refractivity contribution in [2.75, 3.05) is 11.9 Å². The molecule has 0 unspecified atom stereocenters. The second-order valence-electron chi connectivity index (χ2n) is 4.22. The van der Waals surface area contributed by atoms with Crippen molar-refractivity contribution in [3.63, 3.8) is 0 Å². The van der Waals surface area contributed by atoms with Gasteiger partial charge in [-0.1, -0.05) is 0 Å². The summed E-state index contributed by atoms with van der Waals surface area (Å²) in [5, 5.41) is 9.68. The fraction of sp³-hybridized carbons (Fsp3) is 0.333. The van der Waals surface area contributed by atoms with Gasteiger partial charge >= 0.3 is 0 Å². The molecule has 0 fully saturated rings. The number of thiophene rings is 1. The van der Waals surface area contributed by atoms with Crippen LogP contribution in [0, 0.1) is 0 Å². The van der Waals surface area contributed by atoms with Gasteiger partial charge in [0.15, 0.2) is 0 Å². The van der Waals surface area contributed by atoms with Gasteiger partial charge in [0.25, 0.3) is 5.56 Å². The standard InChI is InChI=1S/C12H12BrN3OS/c13-8-3-5-18-11(8)7-16-12(17)6-10-9(15-16)2-1-4-14-10/h3,5-6,14H,1-2,4,7H2. The number of hydrogen-bond acceptors (Lipinski definition) is 4. The second-order valence-corrected chi connectivity index (χ2v) is 6.08. The largest absolute Gasteiger partial charge is 0.383 e. The van der Waals surface area contributed by atoms with E-state index in [1.165, 1.54) is 0 Å². The fourth-order valence-corrected chi connectivity index (χ4v) is 3.49. The number of aromatic nitrogens is 2. The number of nitrogens with one attached hydrogen (secondary N) is 1. The van der Waals surface area contributed by atoms with Crippen LogP contribution >= 0.6 is 27.3 Å². The molecule has 3 heterocycles. The number of anilines is 1. The van der Waals surface area contributed by atoms with Gasteiger partial charge in [0.05, 0.1) is 17.9 Å². The third kappa shape index (κ3) is 2.22. The van der Waals surface area contributed by atoms with E-state index in [0.29, 0.717) is 6.54 Å². The van der Waals surface area contributed by atoms with Crippen molar-refractivity contribution in [2.24, 2.45) is 0 Å². The molecular formula is C12H12BrN3OS. The molecule has 0 radical (unpaired) electrons. The molecule has 1 aliphatic rings. The van der Waals surface area contributed by atoms with Crippen molar-refractivity contribution in [3.05, 3.63) is 42.9 Å². The van der Waals surface area contributed by atoms with Crippen LogP contribution in [0.1, 0.15) is 17.0 Å². The van der Waals surface area contributed by atoms with Gasteiger partial charge in [-0.15, -0.1) is 11.3 Å². The highest BCUT2D eigenvalue weighted by atomic mass is 79.9. The maximum Gasteiger partial charge on any atom is 0.269 e. The van der Waals surface area contributed by atoms with Gasteiger partial charge in [-0.25, -0.2) is 4.68 Å². The van der Waals surface area contributed by atoms with E-state index in [4.69, 9.17) is 0 Å². The lowest BCUT2D eigenvalue weighted by molar-refractivity contribution is 0.612. The van der Waals surface area contributed by atoms with Gasteiger partial charge in [0, 0.05) is 22.0 Å². The molecule has 18 heavy (non-hydrogen) atoms. The Bertz CT molecular complexity index is 634. The zero-order chi connectivity index (χ0) is 12.5. The van der Waals surface area contributed by atoms with Crippen LogP contribution in [0.25, 0.3) is 0 Å². The SMILES string of the molecule is O=c1cc2c(nn1Cc1sccc1Br)CCCN2. The summed E-state index contributed by atoms with van der Waals surface area (Å²) in [7, 11) is 0. The highest BCUT2D eigenvalue weighted by molar-refractivity contribution is 9.10. The monoisotopic (exact) mass is 325 g/mol. The Kier molecular flexibility index (Phi) is 3.22. The van der Waals surface area contributed by atoms with E-state index in [2.05, 4.69) is 26.3 Å². The van der Waals surface area contributed by atoms with E-state index in [9.17, 15) is 4.79 Å².